The molecule has 0 heterocycles. The second-order valence-corrected chi connectivity index (χ2v) is 3.67. The third-order valence-corrected chi connectivity index (χ3v) is 2.79. The summed E-state index contributed by atoms with van der Waals surface area (Å²) in [6, 6.07) is 0. The lowest BCUT2D eigenvalue weighted by molar-refractivity contribution is 0.521. The summed E-state index contributed by atoms with van der Waals surface area (Å²) in [4.78, 5) is 0. The van der Waals surface area contributed by atoms with Crippen LogP contribution >= 0.6 is 11.6 Å². The summed E-state index contributed by atoms with van der Waals surface area (Å²) in [6.45, 7) is 5.17. The summed E-state index contributed by atoms with van der Waals surface area (Å²) in [7, 11) is 0. The SMILES string of the molecule is CC(C)[C@@H]1[C@H](Cl)[C@@H]1CN. The molecule has 1 saturated carbocycles. The van der Waals surface area contributed by atoms with Crippen LogP contribution in [0, 0.1) is 17.8 Å². The molecule has 1 aliphatic carbocycles. The van der Waals surface area contributed by atoms with Crippen molar-refractivity contribution >= 4 is 11.6 Å². The second-order valence-electron chi connectivity index (χ2n) is 3.17. The monoisotopic (exact) mass is 147 g/mol. The van der Waals surface area contributed by atoms with Gasteiger partial charge in [-0.1, -0.05) is 13.8 Å². The number of alkyl halides is 1. The third-order valence-electron chi connectivity index (χ3n) is 2.17. The fraction of sp³-hybridized carbons (Fsp3) is 1.00. The van der Waals surface area contributed by atoms with Crippen LogP contribution in [-0.4, -0.2) is 11.9 Å². The molecule has 54 valence electrons. The predicted octanol–water partition coefficient (Wildman–Crippen LogP) is 1.45. The van der Waals surface area contributed by atoms with Crippen LogP contribution in [0.4, 0.5) is 0 Å². The van der Waals surface area contributed by atoms with Gasteiger partial charge in [-0.2, -0.15) is 0 Å². The fourth-order valence-electron chi connectivity index (χ4n) is 1.51. The minimum Gasteiger partial charge on any atom is -0.330 e. The van der Waals surface area contributed by atoms with Crippen molar-refractivity contribution < 1.29 is 0 Å². The van der Waals surface area contributed by atoms with Gasteiger partial charge in [0.15, 0.2) is 0 Å². The van der Waals surface area contributed by atoms with Gasteiger partial charge in [0, 0.05) is 5.38 Å². The zero-order valence-corrected chi connectivity index (χ0v) is 6.73. The Morgan fingerprint density at radius 2 is 2.11 bits per heavy atom. The fourth-order valence-corrected chi connectivity index (χ4v) is 2.17. The Morgan fingerprint density at radius 1 is 1.56 bits per heavy atom. The molecule has 1 nitrogen and oxygen atoms in total. The molecule has 3 atom stereocenters. The Hall–Kier alpha value is 0.250. The van der Waals surface area contributed by atoms with Gasteiger partial charge in [-0.15, -0.1) is 11.6 Å². The van der Waals surface area contributed by atoms with E-state index in [1.54, 1.807) is 0 Å². The highest BCUT2D eigenvalue weighted by molar-refractivity contribution is 6.23. The number of nitrogens with two attached hydrogens (primary N) is 1. The molecule has 0 amide bonds. The van der Waals surface area contributed by atoms with E-state index in [1.807, 2.05) is 0 Å². The van der Waals surface area contributed by atoms with E-state index >= 15 is 0 Å². The van der Waals surface area contributed by atoms with Crippen molar-refractivity contribution in [1.29, 1.82) is 0 Å². The van der Waals surface area contributed by atoms with Crippen LogP contribution in [0.3, 0.4) is 0 Å². The van der Waals surface area contributed by atoms with Gasteiger partial charge in [0.05, 0.1) is 0 Å². The lowest BCUT2D eigenvalue weighted by atomic mass is 10.1. The maximum atomic E-state index is 5.93. The first-order valence-electron chi connectivity index (χ1n) is 3.52. The minimum absolute atomic E-state index is 0.370. The van der Waals surface area contributed by atoms with Crippen molar-refractivity contribution in [1.82, 2.24) is 0 Å². The highest BCUT2D eigenvalue weighted by Gasteiger charge is 2.49. The number of rotatable bonds is 2. The van der Waals surface area contributed by atoms with E-state index in [0.717, 1.165) is 6.54 Å². The van der Waals surface area contributed by atoms with Crippen molar-refractivity contribution in [2.45, 2.75) is 19.2 Å². The minimum atomic E-state index is 0.370. The van der Waals surface area contributed by atoms with Crippen molar-refractivity contribution in [2.75, 3.05) is 6.54 Å². The molecule has 0 aromatic rings. The Bertz CT molecular complexity index is 103. The maximum absolute atomic E-state index is 5.93. The number of hydrogen-bond acceptors (Lipinski definition) is 1. The standard InChI is InChI=1S/C7H14ClN/c1-4(2)6-5(3-9)7(6)8/h4-7H,3,9H2,1-2H3/t5-,6+,7-/m1/s1. The van der Waals surface area contributed by atoms with Crippen molar-refractivity contribution in [3.05, 3.63) is 0 Å². The van der Waals surface area contributed by atoms with Crippen LogP contribution < -0.4 is 5.73 Å². The van der Waals surface area contributed by atoms with Crippen LogP contribution in [0.25, 0.3) is 0 Å². The van der Waals surface area contributed by atoms with E-state index in [-0.39, 0.29) is 0 Å². The molecule has 2 heteroatoms. The molecular formula is C7H14ClN. The molecule has 1 fully saturated rings. The Kier molecular flexibility index (Phi) is 2.02. The zero-order chi connectivity index (χ0) is 7.02. The number of halogens is 1. The predicted molar refractivity (Wildman–Crippen MR) is 40.5 cm³/mol. The zero-order valence-electron chi connectivity index (χ0n) is 5.97. The average molecular weight is 148 g/mol. The first-order chi connectivity index (χ1) is 4.18. The summed E-state index contributed by atoms with van der Waals surface area (Å²) in [5, 5.41) is 0.370. The van der Waals surface area contributed by atoms with Crippen molar-refractivity contribution in [2.24, 2.45) is 23.5 Å². The van der Waals surface area contributed by atoms with Crippen LogP contribution in [0.5, 0.6) is 0 Å². The first kappa shape index (κ1) is 7.36. The van der Waals surface area contributed by atoms with E-state index in [9.17, 15) is 0 Å². The lowest BCUT2D eigenvalue weighted by Gasteiger charge is -1.98. The summed E-state index contributed by atoms with van der Waals surface area (Å²) >= 11 is 5.93. The van der Waals surface area contributed by atoms with Crippen LogP contribution in [0.2, 0.25) is 0 Å². The Morgan fingerprint density at radius 3 is 2.22 bits per heavy atom. The molecule has 0 aromatic carbocycles. The Balaban J connectivity index is 2.33. The van der Waals surface area contributed by atoms with E-state index in [2.05, 4.69) is 13.8 Å². The molecule has 0 saturated heterocycles. The summed E-state index contributed by atoms with van der Waals surface area (Å²) in [6.07, 6.45) is 0. The van der Waals surface area contributed by atoms with Crippen LogP contribution in [0.1, 0.15) is 13.8 Å². The van der Waals surface area contributed by atoms with Crippen LogP contribution in [-0.2, 0) is 0 Å². The van der Waals surface area contributed by atoms with Gasteiger partial charge in [-0.3, -0.25) is 0 Å². The topological polar surface area (TPSA) is 26.0 Å². The third kappa shape index (κ3) is 1.22. The normalized spacial score (nSPS) is 41.7. The molecular weight excluding hydrogens is 134 g/mol. The molecule has 1 rings (SSSR count). The molecule has 0 spiro atoms. The number of hydrogen-bond donors (Lipinski definition) is 1. The van der Waals surface area contributed by atoms with E-state index in [1.165, 1.54) is 0 Å². The summed E-state index contributed by atoms with van der Waals surface area (Å²) in [5.41, 5.74) is 5.47. The highest BCUT2D eigenvalue weighted by atomic mass is 35.5. The second kappa shape index (κ2) is 2.47. The molecule has 0 bridgehead atoms. The van der Waals surface area contributed by atoms with Crippen LogP contribution in [0.15, 0.2) is 0 Å². The van der Waals surface area contributed by atoms with Gasteiger partial charge >= 0.3 is 0 Å². The van der Waals surface area contributed by atoms with E-state index in [4.69, 9.17) is 17.3 Å². The van der Waals surface area contributed by atoms with E-state index < -0.39 is 0 Å². The smallest absolute Gasteiger partial charge is 0.0413 e. The molecule has 9 heavy (non-hydrogen) atoms. The molecule has 0 aliphatic heterocycles. The maximum Gasteiger partial charge on any atom is 0.0413 e. The molecule has 0 aromatic heterocycles. The van der Waals surface area contributed by atoms with Gasteiger partial charge in [0.1, 0.15) is 0 Å². The van der Waals surface area contributed by atoms with Gasteiger partial charge < -0.3 is 5.73 Å². The van der Waals surface area contributed by atoms with Gasteiger partial charge in [-0.05, 0) is 24.3 Å². The molecule has 1 aliphatic rings. The largest absolute Gasteiger partial charge is 0.330 e. The highest BCUT2D eigenvalue weighted by Crippen LogP contribution is 2.47. The average Bonchev–Trinajstić information content (AvgIpc) is 2.40. The molecule has 0 radical (unpaired) electrons. The summed E-state index contributed by atoms with van der Waals surface area (Å²) < 4.78 is 0. The molecule has 2 N–H and O–H groups in total. The van der Waals surface area contributed by atoms with Gasteiger partial charge in [0.25, 0.3) is 0 Å². The van der Waals surface area contributed by atoms with Gasteiger partial charge in [0.2, 0.25) is 0 Å². The first-order valence-corrected chi connectivity index (χ1v) is 3.96. The summed E-state index contributed by atoms with van der Waals surface area (Å²) in [5.74, 6) is 2.00. The Labute approximate surface area is 61.6 Å². The van der Waals surface area contributed by atoms with E-state index in [0.29, 0.717) is 23.1 Å². The van der Waals surface area contributed by atoms with Crippen molar-refractivity contribution in [3.8, 4) is 0 Å². The molecule has 0 unspecified atom stereocenters. The quantitative estimate of drug-likeness (QED) is 0.588. The lowest BCUT2D eigenvalue weighted by Crippen LogP contribution is -2.04. The van der Waals surface area contributed by atoms with Crippen molar-refractivity contribution in [3.63, 3.8) is 0 Å². The van der Waals surface area contributed by atoms with Gasteiger partial charge in [-0.25, -0.2) is 0 Å².